The third-order valence-corrected chi connectivity index (χ3v) is 6.17. The van der Waals surface area contributed by atoms with Crippen molar-refractivity contribution in [1.29, 1.82) is 0 Å². The first-order valence-corrected chi connectivity index (χ1v) is 11.5. The molecule has 3 aromatic rings. The van der Waals surface area contributed by atoms with Crippen LogP contribution in [0.5, 0.6) is 5.75 Å². The summed E-state index contributed by atoms with van der Waals surface area (Å²) in [5.41, 5.74) is 2.53. The lowest BCUT2D eigenvalue weighted by Gasteiger charge is -2.34. The smallest absolute Gasteiger partial charge is 0.276 e. The summed E-state index contributed by atoms with van der Waals surface area (Å²) in [4.78, 5) is 18.2. The molecule has 0 fully saturated rings. The molecule has 7 heteroatoms. The van der Waals surface area contributed by atoms with Gasteiger partial charge in [0.1, 0.15) is 11.4 Å². The van der Waals surface area contributed by atoms with Crippen LogP contribution in [0.15, 0.2) is 89.0 Å². The predicted octanol–water partition coefficient (Wildman–Crippen LogP) is 3.16. The van der Waals surface area contributed by atoms with Gasteiger partial charge in [-0.2, -0.15) is 0 Å². The number of nitrogens with one attached hydrogen (secondary N) is 1. The summed E-state index contributed by atoms with van der Waals surface area (Å²) in [6.45, 7) is 2.49. The molecule has 0 spiro atoms. The van der Waals surface area contributed by atoms with Gasteiger partial charge in [0.15, 0.2) is 11.3 Å². The van der Waals surface area contributed by atoms with Gasteiger partial charge in [-0.1, -0.05) is 78.5 Å². The van der Waals surface area contributed by atoms with Crippen LogP contribution in [0.2, 0.25) is 0 Å². The summed E-state index contributed by atoms with van der Waals surface area (Å²) in [6.07, 6.45) is -0.499. The van der Waals surface area contributed by atoms with Crippen molar-refractivity contribution in [2.24, 2.45) is 10.1 Å². The summed E-state index contributed by atoms with van der Waals surface area (Å²) in [5.74, 6) is 1.26. The minimum absolute atomic E-state index is 0.184. The van der Waals surface area contributed by atoms with Crippen molar-refractivity contribution in [2.75, 3.05) is 6.61 Å². The quantitative estimate of drug-likeness (QED) is 0.659. The zero-order valence-corrected chi connectivity index (χ0v) is 18.4. The third-order valence-electron chi connectivity index (χ3n) is 5.23. The van der Waals surface area contributed by atoms with Gasteiger partial charge in [0.05, 0.1) is 12.0 Å². The summed E-state index contributed by atoms with van der Waals surface area (Å²) in [5, 5.41) is 11.6. The van der Waals surface area contributed by atoms with E-state index in [1.54, 1.807) is 5.01 Å². The fourth-order valence-electron chi connectivity index (χ4n) is 3.80. The van der Waals surface area contributed by atoms with Gasteiger partial charge >= 0.3 is 0 Å². The van der Waals surface area contributed by atoms with E-state index in [9.17, 15) is 4.79 Å². The normalized spacial score (nSPS) is 17.0. The number of carbonyl (C=O) groups is 1. The van der Waals surface area contributed by atoms with Gasteiger partial charge in [-0.3, -0.25) is 15.1 Å². The van der Waals surface area contributed by atoms with Gasteiger partial charge in [-0.25, -0.2) is 5.01 Å². The number of hydrogen-bond donors (Lipinski definition) is 1. The molecule has 6 nitrogen and oxygen atoms in total. The monoisotopic (exact) mass is 442 g/mol. The molecule has 2 heterocycles. The molecule has 0 aliphatic carbocycles. The summed E-state index contributed by atoms with van der Waals surface area (Å²) in [7, 11) is 0. The third kappa shape index (κ3) is 3.87. The number of benzene rings is 3. The zero-order valence-electron chi connectivity index (χ0n) is 17.6. The molecule has 1 N–H and O–H groups in total. The average molecular weight is 443 g/mol. The molecule has 3 aromatic carbocycles. The summed E-state index contributed by atoms with van der Waals surface area (Å²) < 4.78 is 5.87. The van der Waals surface area contributed by atoms with Gasteiger partial charge in [0.2, 0.25) is 0 Å². The Balaban J connectivity index is 1.59. The average Bonchev–Trinajstić information content (AvgIpc) is 2.83. The van der Waals surface area contributed by atoms with Crippen molar-refractivity contribution in [3.05, 3.63) is 101 Å². The second kappa shape index (κ2) is 8.88. The minimum atomic E-state index is -0.499. The molecular weight excluding hydrogens is 420 g/mol. The van der Waals surface area contributed by atoms with Crippen LogP contribution in [0, 0.1) is 0 Å². The van der Waals surface area contributed by atoms with E-state index in [0.29, 0.717) is 23.2 Å². The van der Waals surface area contributed by atoms with Crippen LogP contribution >= 0.6 is 11.8 Å². The van der Waals surface area contributed by atoms with Gasteiger partial charge in [-0.05, 0) is 24.6 Å². The Kier molecular flexibility index (Phi) is 5.64. The minimum Gasteiger partial charge on any atom is -0.493 e. The van der Waals surface area contributed by atoms with Crippen molar-refractivity contribution in [2.45, 2.75) is 18.8 Å². The van der Waals surface area contributed by atoms with E-state index >= 15 is 0 Å². The number of carbonyl (C=O) groups excluding carboxylic acids is 1. The van der Waals surface area contributed by atoms with E-state index in [-0.39, 0.29) is 5.91 Å². The van der Waals surface area contributed by atoms with E-state index in [2.05, 4.69) is 17.4 Å². The van der Waals surface area contributed by atoms with E-state index < -0.39 is 6.17 Å². The second-order valence-corrected chi connectivity index (χ2v) is 8.28. The number of hydrazone groups is 1. The maximum absolute atomic E-state index is 13.2. The molecule has 0 bridgehead atoms. The topological polar surface area (TPSA) is 66.3 Å². The Labute approximate surface area is 190 Å². The molecule has 2 aliphatic rings. The van der Waals surface area contributed by atoms with Crippen LogP contribution < -0.4 is 20.6 Å². The van der Waals surface area contributed by atoms with Crippen molar-refractivity contribution in [3.63, 3.8) is 0 Å². The zero-order chi connectivity index (χ0) is 21.9. The van der Waals surface area contributed by atoms with Crippen LogP contribution in [-0.4, -0.2) is 22.7 Å². The summed E-state index contributed by atoms with van der Waals surface area (Å²) in [6, 6.07) is 25.6. The number of fused-ring (bicyclic) bond motifs is 2. The molecule has 0 radical (unpaired) electrons. The Hall–Kier alpha value is -3.58. The summed E-state index contributed by atoms with van der Waals surface area (Å²) >= 11 is 1.49. The molecule has 0 aromatic heterocycles. The van der Waals surface area contributed by atoms with Crippen molar-refractivity contribution >= 4 is 28.5 Å². The number of nitrogens with zero attached hydrogens (tertiary/aromatic N) is 3. The standard InChI is InChI=1S/C25H22N4O2S/c1-2-31-21-15-9-7-13-19(21)23-26-20-14-8-6-12-18(20)22-24(30)27-25(28-29(22)23)32-16-17-10-4-3-5-11-17/h3-15,23H,2,16H2,1H3,(H,27,28,30)/t23-/m0/s1. The van der Waals surface area contributed by atoms with E-state index in [4.69, 9.17) is 14.8 Å². The molecular formula is C25H22N4O2S. The Morgan fingerprint density at radius 3 is 2.59 bits per heavy atom. The second-order valence-electron chi connectivity index (χ2n) is 7.32. The fraction of sp³-hybridized carbons (Fsp3) is 0.160. The van der Waals surface area contributed by atoms with Crippen LogP contribution in [0.3, 0.4) is 0 Å². The Morgan fingerprint density at radius 2 is 1.75 bits per heavy atom. The highest BCUT2D eigenvalue weighted by molar-refractivity contribution is 8.13. The number of rotatable bonds is 5. The van der Waals surface area contributed by atoms with Crippen LogP contribution in [-0.2, 0) is 10.5 Å². The van der Waals surface area contributed by atoms with Crippen LogP contribution in [0.25, 0.3) is 5.70 Å². The highest BCUT2D eigenvalue weighted by Gasteiger charge is 2.35. The van der Waals surface area contributed by atoms with Gasteiger partial charge < -0.3 is 4.74 Å². The van der Waals surface area contributed by atoms with E-state index in [1.165, 1.54) is 11.8 Å². The molecule has 2 aliphatic heterocycles. The lowest BCUT2D eigenvalue weighted by Crippen LogP contribution is -2.50. The van der Waals surface area contributed by atoms with Crippen LogP contribution in [0.1, 0.15) is 24.2 Å². The number of thioether (sulfide) groups is 1. The first kappa shape index (κ1) is 20.3. The molecule has 1 amide bonds. The molecule has 0 saturated heterocycles. The number of amides is 1. The predicted molar refractivity (Wildman–Crippen MR) is 126 cm³/mol. The van der Waals surface area contributed by atoms with Gasteiger partial charge in [0.25, 0.3) is 5.91 Å². The molecule has 1 atom stereocenters. The van der Waals surface area contributed by atoms with Gasteiger partial charge in [0, 0.05) is 16.5 Å². The number of ether oxygens (including phenoxy) is 1. The van der Waals surface area contributed by atoms with E-state index in [1.807, 2.05) is 73.7 Å². The van der Waals surface area contributed by atoms with Gasteiger partial charge in [-0.15, -0.1) is 5.10 Å². The SMILES string of the molecule is CCOc1ccccc1[C@H]1N=c2ccccc2=C2C(=O)NC(SCc3ccccc3)=NN21. The first-order valence-electron chi connectivity index (χ1n) is 10.5. The van der Waals surface area contributed by atoms with E-state index in [0.717, 1.165) is 27.5 Å². The molecule has 160 valence electrons. The first-order chi connectivity index (χ1) is 15.7. The number of para-hydroxylation sites is 2. The Bertz CT molecular complexity index is 1310. The number of hydrogen-bond acceptors (Lipinski definition) is 6. The molecule has 32 heavy (non-hydrogen) atoms. The maximum atomic E-state index is 13.2. The number of amidine groups is 1. The molecule has 0 unspecified atom stereocenters. The molecule has 5 rings (SSSR count). The fourth-order valence-corrected chi connectivity index (χ4v) is 4.61. The highest BCUT2D eigenvalue weighted by atomic mass is 32.2. The van der Waals surface area contributed by atoms with Crippen LogP contribution in [0.4, 0.5) is 0 Å². The lowest BCUT2D eigenvalue weighted by atomic mass is 10.1. The Morgan fingerprint density at radius 1 is 1.00 bits per heavy atom. The molecule has 0 saturated carbocycles. The van der Waals surface area contributed by atoms with Crippen molar-refractivity contribution in [1.82, 2.24) is 10.3 Å². The van der Waals surface area contributed by atoms with Crippen molar-refractivity contribution in [3.8, 4) is 5.75 Å². The van der Waals surface area contributed by atoms with Crippen molar-refractivity contribution < 1.29 is 9.53 Å². The largest absolute Gasteiger partial charge is 0.493 e. The highest BCUT2D eigenvalue weighted by Crippen LogP contribution is 2.35. The maximum Gasteiger partial charge on any atom is 0.276 e. The lowest BCUT2D eigenvalue weighted by molar-refractivity contribution is -0.116.